The highest BCUT2D eigenvalue weighted by molar-refractivity contribution is 14.1. The molecule has 0 saturated carbocycles. The molecule has 1 aromatic carbocycles. The Hall–Kier alpha value is -0.780. The van der Waals surface area contributed by atoms with Crippen LogP contribution < -0.4 is 4.74 Å². The number of rotatable bonds is 3. The van der Waals surface area contributed by atoms with E-state index in [4.69, 9.17) is 4.74 Å². The van der Waals surface area contributed by atoms with Crippen LogP contribution in [0.25, 0.3) is 0 Å². The van der Waals surface area contributed by atoms with Crippen molar-refractivity contribution in [2.24, 2.45) is 0 Å². The number of carbonyl (C=O) groups is 1. The Bertz CT molecular complexity index is 376. The van der Waals surface area contributed by atoms with E-state index in [0.717, 1.165) is 14.9 Å². The maximum absolute atomic E-state index is 11.4. The van der Waals surface area contributed by atoms with Crippen molar-refractivity contribution in [1.29, 1.82) is 0 Å². The first-order valence-electron chi connectivity index (χ1n) is 5.00. The quantitative estimate of drug-likeness (QED) is 0.629. The first-order chi connectivity index (χ1) is 7.45. The van der Waals surface area contributed by atoms with Crippen molar-refractivity contribution in [3.05, 3.63) is 26.8 Å². The minimum absolute atomic E-state index is 0.121. The Labute approximate surface area is 109 Å². The average molecular weight is 334 g/mol. The zero-order valence-electron chi connectivity index (χ0n) is 9.83. The van der Waals surface area contributed by atoms with Gasteiger partial charge in [-0.1, -0.05) is 0 Å². The number of hydrogen-bond donors (Lipinski definition) is 0. The van der Waals surface area contributed by atoms with Crippen molar-refractivity contribution < 1.29 is 14.3 Å². The van der Waals surface area contributed by atoms with Crippen LogP contribution in [0.1, 0.15) is 29.8 Å². The molecule has 16 heavy (non-hydrogen) atoms. The molecular weight excluding hydrogens is 319 g/mol. The first-order valence-corrected chi connectivity index (χ1v) is 6.08. The summed E-state index contributed by atoms with van der Waals surface area (Å²) in [6, 6.07) is 3.56. The van der Waals surface area contributed by atoms with Gasteiger partial charge < -0.3 is 9.47 Å². The fourth-order valence-electron chi connectivity index (χ4n) is 1.35. The molecule has 0 unspecified atom stereocenters. The zero-order chi connectivity index (χ0) is 12.3. The van der Waals surface area contributed by atoms with Crippen LogP contribution in [0.3, 0.4) is 0 Å². The molecule has 0 aromatic heterocycles. The Morgan fingerprint density at radius 2 is 2.00 bits per heavy atom. The molecule has 0 aliphatic heterocycles. The van der Waals surface area contributed by atoms with Crippen molar-refractivity contribution in [3.8, 4) is 5.75 Å². The zero-order valence-corrected chi connectivity index (χ0v) is 12.0. The van der Waals surface area contributed by atoms with Crippen molar-refractivity contribution in [2.75, 3.05) is 7.11 Å². The molecule has 0 amide bonds. The normalized spacial score (nSPS) is 10.4. The van der Waals surface area contributed by atoms with E-state index in [2.05, 4.69) is 27.3 Å². The summed E-state index contributed by atoms with van der Waals surface area (Å²) in [6.07, 6.45) is 0.121. The number of benzene rings is 1. The highest BCUT2D eigenvalue weighted by Crippen LogP contribution is 2.28. The number of halogens is 1. The van der Waals surface area contributed by atoms with E-state index in [1.54, 1.807) is 12.1 Å². The Kier molecular flexibility index (Phi) is 4.58. The molecule has 4 heteroatoms. The predicted molar refractivity (Wildman–Crippen MR) is 71.0 cm³/mol. The lowest BCUT2D eigenvalue weighted by molar-refractivity contribution is 0.0600. The molecule has 1 rings (SSSR count). The fraction of sp³-hybridized carbons (Fsp3) is 0.417. The summed E-state index contributed by atoms with van der Waals surface area (Å²) >= 11 is 2.16. The third-order valence-corrected chi connectivity index (χ3v) is 2.81. The van der Waals surface area contributed by atoms with Crippen molar-refractivity contribution in [3.63, 3.8) is 0 Å². The molecule has 88 valence electrons. The van der Waals surface area contributed by atoms with Gasteiger partial charge in [0, 0.05) is 0 Å². The second kappa shape index (κ2) is 5.52. The molecule has 1 aromatic rings. The number of carbonyl (C=O) groups excluding carboxylic acids is 1. The van der Waals surface area contributed by atoms with Gasteiger partial charge in [0.15, 0.2) is 0 Å². The van der Waals surface area contributed by atoms with E-state index in [0.29, 0.717) is 5.56 Å². The van der Waals surface area contributed by atoms with Gasteiger partial charge in [0.05, 0.1) is 22.3 Å². The molecule has 0 heterocycles. The number of ether oxygens (including phenoxy) is 2. The maximum Gasteiger partial charge on any atom is 0.337 e. The summed E-state index contributed by atoms with van der Waals surface area (Å²) in [7, 11) is 1.38. The van der Waals surface area contributed by atoms with Gasteiger partial charge in [-0.3, -0.25) is 0 Å². The molecule has 0 aliphatic carbocycles. The first kappa shape index (κ1) is 13.3. The predicted octanol–water partition coefficient (Wildman–Crippen LogP) is 3.17. The van der Waals surface area contributed by atoms with Crippen LogP contribution in [0, 0.1) is 10.5 Å². The standard InChI is InChI=1S/C12H15IO3/c1-7(2)16-11-8(3)5-9(6-10(11)13)12(14)15-4/h5-7H,1-4H3. The highest BCUT2D eigenvalue weighted by Gasteiger charge is 2.13. The van der Waals surface area contributed by atoms with Crippen LogP contribution in [0.4, 0.5) is 0 Å². The van der Waals surface area contributed by atoms with E-state index in [9.17, 15) is 4.79 Å². The molecular formula is C12H15IO3. The number of hydrogen-bond acceptors (Lipinski definition) is 3. The van der Waals surface area contributed by atoms with E-state index in [-0.39, 0.29) is 12.1 Å². The van der Waals surface area contributed by atoms with E-state index >= 15 is 0 Å². The van der Waals surface area contributed by atoms with Crippen LogP contribution in [0.5, 0.6) is 5.75 Å². The topological polar surface area (TPSA) is 35.5 Å². The second-order valence-corrected chi connectivity index (χ2v) is 4.92. The maximum atomic E-state index is 11.4. The van der Waals surface area contributed by atoms with Gasteiger partial charge in [0.1, 0.15) is 5.75 Å². The molecule has 0 fully saturated rings. The van der Waals surface area contributed by atoms with Crippen molar-refractivity contribution in [2.45, 2.75) is 26.9 Å². The Morgan fingerprint density at radius 1 is 1.38 bits per heavy atom. The molecule has 0 bridgehead atoms. The summed E-state index contributed by atoms with van der Waals surface area (Å²) in [5.74, 6) is 0.514. The van der Waals surface area contributed by atoms with Gasteiger partial charge in [-0.25, -0.2) is 4.79 Å². The highest BCUT2D eigenvalue weighted by atomic mass is 127. The van der Waals surface area contributed by atoms with Crippen molar-refractivity contribution >= 4 is 28.6 Å². The fourth-order valence-corrected chi connectivity index (χ4v) is 2.24. The van der Waals surface area contributed by atoms with Gasteiger partial charge in [-0.2, -0.15) is 0 Å². The third-order valence-electron chi connectivity index (χ3n) is 2.00. The van der Waals surface area contributed by atoms with Crippen LogP contribution in [0.15, 0.2) is 12.1 Å². The Balaban J connectivity index is 3.12. The third kappa shape index (κ3) is 3.10. The Morgan fingerprint density at radius 3 is 2.44 bits per heavy atom. The molecule has 0 N–H and O–H groups in total. The van der Waals surface area contributed by atoms with E-state index in [1.807, 2.05) is 20.8 Å². The monoisotopic (exact) mass is 334 g/mol. The van der Waals surface area contributed by atoms with Gasteiger partial charge in [-0.15, -0.1) is 0 Å². The van der Waals surface area contributed by atoms with Gasteiger partial charge >= 0.3 is 5.97 Å². The molecule has 0 aliphatic rings. The average Bonchev–Trinajstić information content (AvgIpc) is 2.21. The molecule has 0 saturated heterocycles. The number of methoxy groups -OCH3 is 1. The van der Waals surface area contributed by atoms with E-state index in [1.165, 1.54) is 7.11 Å². The van der Waals surface area contributed by atoms with Crippen molar-refractivity contribution in [1.82, 2.24) is 0 Å². The smallest absolute Gasteiger partial charge is 0.337 e. The number of esters is 1. The largest absolute Gasteiger partial charge is 0.490 e. The minimum atomic E-state index is -0.322. The van der Waals surface area contributed by atoms with E-state index < -0.39 is 0 Å². The van der Waals surface area contributed by atoms with Gasteiger partial charge in [0.25, 0.3) is 0 Å². The van der Waals surface area contributed by atoms with Crippen LogP contribution in [-0.2, 0) is 4.74 Å². The molecule has 3 nitrogen and oxygen atoms in total. The SMILES string of the molecule is COC(=O)c1cc(C)c(OC(C)C)c(I)c1. The summed E-state index contributed by atoms with van der Waals surface area (Å²) < 4.78 is 11.3. The minimum Gasteiger partial charge on any atom is -0.490 e. The molecule has 0 radical (unpaired) electrons. The number of aryl methyl sites for hydroxylation is 1. The summed E-state index contributed by atoms with van der Waals surface area (Å²) in [5.41, 5.74) is 1.50. The molecule has 0 spiro atoms. The second-order valence-electron chi connectivity index (χ2n) is 3.76. The van der Waals surface area contributed by atoms with Crippen LogP contribution in [-0.4, -0.2) is 19.2 Å². The molecule has 0 atom stereocenters. The van der Waals surface area contributed by atoms with Gasteiger partial charge in [0.2, 0.25) is 0 Å². The van der Waals surface area contributed by atoms with Crippen LogP contribution in [0.2, 0.25) is 0 Å². The van der Waals surface area contributed by atoms with Gasteiger partial charge in [-0.05, 0) is 61.1 Å². The summed E-state index contributed by atoms with van der Waals surface area (Å²) in [4.78, 5) is 11.4. The van der Waals surface area contributed by atoms with Crippen LogP contribution >= 0.6 is 22.6 Å². The lowest BCUT2D eigenvalue weighted by atomic mass is 10.1. The lowest BCUT2D eigenvalue weighted by Gasteiger charge is -2.15. The summed E-state index contributed by atoms with van der Waals surface area (Å²) in [5, 5.41) is 0. The summed E-state index contributed by atoms with van der Waals surface area (Å²) in [6.45, 7) is 5.87. The lowest BCUT2D eigenvalue weighted by Crippen LogP contribution is -2.09.